The molecule has 1 N–H and O–H groups in total. The highest BCUT2D eigenvalue weighted by molar-refractivity contribution is 6.07. The van der Waals surface area contributed by atoms with Crippen molar-refractivity contribution in [2.75, 3.05) is 20.3 Å². The highest BCUT2D eigenvalue weighted by Crippen LogP contribution is 2.27. The topological polar surface area (TPSA) is 52.9 Å². The van der Waals surface area contributed by atoms with Crippen LogP contribution in [0.2, 0.25) is 0 Å². The van der Waals surface area contributed by atoms with Crippen LogP contribution in [0, 0.1) is 11.3 Å². The predicted octanol–water partition coefficient (Wildman–Crippen LogP) is 2.79. The zero-order valence-corrected chi connectivity index (χ0v) is 21.1. The highest BCUT2D eigenvalue weighted by Gasteiger charge is 2.25. The summed E-state index contributed by atoms with van der Waals surface area (Å²) in [4.78, 5) is 13.3. The predicted molar refractivity (Wildman–Crippen MR) is 139 cm³/mol. The molecule has 3 rings (SSSR count). The van der Waals surface area contributed by atoms with Gasteiger partial charge in [0.1, 0.15) is 18.2 Å². The normalized spacial score (nSPS) is 11.8. The van der Waals surface area contributed by atoms with Gasteiger partial charge in [0.25, 0.3) is 5.91 Å². The van der Waals surface area contributed by atoms with Crippen LogP contribution < -0.4 is 17.7 Å². The molecular formula is C30H32ClN3O. The number of hydrogen-bond acceptors (Lipinski definition) is 2. The number of quaternary nitrogens is 1. The molecule has 0 aromatic heterocycles. The summed E-state index contributed by atoms with van der Waals surface area (Å²) < 4.78 is 0.639. The molecule has 3 aromatic carbocycles. The second-order valence-electron chi connectivity index (χ2n) is 8.70. The molecule has 0 saturated carbocycles. The first-order valence-corrected chi connectivity index (χ1v) is 11.6. The van der Waals surface area contributed by atoms with Crippen LogP contribution >= 0.6 is 0 Å². The Morgan fingerprint density at radius 3 is 1.97 bits per heavy atom. The SMILES string of the molecule is C=Cc1ccc(C[N+](C)(CCC)CNC(=O)C(C#N)=C(c2ccccc2)c2ccccc2)cc1.[Cl-]. The first-order valence-electron chi connectivity index (χ1n) is 11.6. The minimum Gasteiger partial charge on any atom is -1.00 e. The minimum atomic E-state index is -0.354. The Hall–Kier alpha value is -3.65. The number of carbonyl (C=O) groups excluding carboxylic acids is 1. The van der Waals surface area contributed by atoms with E-state index in [2.05, 4.69) is 56.2 Å². The molecule has 0 bridgehead atoms. The average molecular weight is 486 g/mol. The zero-order chi connectivity index (χ0) is 24.4. The van der Waals surface area contributed by atoms with Gasteiger partial charge in [-0.1, -0.05) is 105 Å². The number of amides is 1. The highest BCUT2D eigenvalue weighted by atomic mass is 35.5. The van der Waals surface area contributed by atoms with E-state index in [1.165, 1.54) is 5.56 Å². The van der Waals surface area contributed by atoms with Crippen LogP contribution in [0.15, 0.2) is 97.1 Å². The summed E-state index contributed by atoms with van der Waals surface area (Å²) in [5.41, 5.74) is 4.73. The first kappa shape index (κ1) is 27.6. The lowest BCUT2D eigenvalue weighted by Crippen LogP contribution is -3.00. The van der Waals surface area contributed by atoms with Crippen LogP contribution in [0.1, 0.15) is 35.6 Å². The third-order valence-electron chi connectivity index (χ3n) is 5.88. The summed E-state index contributed by atoms with van der Waals surface area (Å²) in [5, 5.41) is 13.1. The summed E-state index contributed by atoms with van der Waals surface area (Å²) in [6.07, 6.45) is 2.81. The van der Waals surface area contributed by atoms with Gasteiger partial charge in [0.15, 0.2) is 6.67 Å². The molecule has 0 aliphatic carbocycles. The fourth-order valence-corrected chi connectivity index (χ4v) is 4.19. The van der Waals surface area contributed by atoms with Crippen molar-refractivity contribution in [3.05, 3.63) is 119 Å². The number of halogens is 1. The minimum absolute atomic E-state index is 0. The van der Waals surface area contributed by atoms with E-state index in [1.54, 1.807) is 0 Å². The molecule has 0 fully saturated rings. The number of hydrogen-bond donors (Lipinski definition) is 1. The van der Waals surface area contributed by atoms with Crippen LogP contribution in [0.5, 0.6) is 0 Å². The largest absolute Gasteiger partial charge is 1.00 e. The molecule has 0 saturated heterocycles. The quantitative estimate of drug-likeness (QED) is 0.208. The Morgan fingerprint density at radius 2 is 1.51 bits per heavy atom. The van der Waals surface area contributed by atoms with Crippen molar-refractivity contribution >= 4 is 17.6 Å². The summed E-state index contributed by atoms with van der Waals surface area (Å²) in [6, 6.07) is 29.7. The van der Waals surface area contributed by atoms with Gasteiger partial charge in [-0.2, -0.15) is 5.26 Å². The molecular weight excluding hydrogens is 454 g/mol. The van der Waals surface area contributed by atoms with Crippen LogP contribution in [0.3, 0.4) is 0 Å². The number of rotatable bonds is 10. The van der Waals surface area contributed by atoms with Gasteiger partial charge in [-0.3, -0.25) is 4.79 Å². The molecule has 3 aromatic rings. The second-order valence-corrected chi connectivity index (χ2v) is 8.70. The number of nitrogens with one attached hydrogen (secondary N) is 1. The van der Waals surface area contributed by atoms with Crippen molar-refractivity contribution < 1.29 is 21.7 Å². The van der Waals surface area contributed by atoms with Gasteiger partial charge in [-0.25, -0.2) is 0 Å². The standard InChI is InChI=1S/C30H31N3O.ClH/c1-4-20-33(3,22-25-18-16-24(5-2)17-19-25)23-32-30(34)28(21-31)29(26-12-8-6-9-13-26)27-14-10-7-11-15-27;/h5-19H,2,4,20,22-23H2,1,3H3;1H. The molecule has 0 radical (unpaired) electrons. The summed E-state index contributed by atoms with van der Waals surface area (Å²) in [5.74, 6) is -0.354. The van der Waals surface area contributed by atoms with E-state index < -0.39 is 0 Å². The second kappa shape index (κ2) is 13.3. The van der Waals surface area contributed by atoms with Gasteiger partial charge in [0, 0.05) is 11.1 Å². The van der Waals surface area contributed by atoms with E-state index in [0.29, 0.717) is 16.7 Å². The third kappa shape index (κ3) is 7.42. The lowest BCUT2D eigenvalue weighted by molar-refractivity contribution is -0.924. The van der Waals surface area contributed by atoms with Gasteiger partial charge >= 0.3 is 0 Å². The molecule has 0 aliphatic heterocycles. The fourth-order valence-electron chi connectivity index (χ4n) is 4.19. The van der Waals surface area contributed by atoms with Crippen molar-refractivity contribution in [2.24, 2.45) is 0 Å². The van der Waals surface area contributed by atoms with Crippen molar-refractivity contribution in [3.63, 3.8) is 0 Å². The van der Waals surface area contributed by atoms with Crippen molar-refractivity contribution in [3.8, 4) is 6.07 Å². The van der Waals surface area contributed by atoms with Crippen molar-refractivity contribution in [2.45, 2.75) is 19.9 Å². The first-order chi connectivity index (χ1) is 16.5. The molecule has 0 aliphatic rings. The molecule has 0 spiro atoms. The molecule has 1 amide bonds. The molecule has 5 heteroatoms. The maximum Gasteiger partial charge on any atom is 0.266 e. The number of carbonyl (C=O) groups is 1. The Kier molecular flexibility index (Phi) is 10.5. The van der Waals surface area contributed by atoms with E-state index in [-0.39, 0.29) is 23.9 Å². The Labute approximate surface area is 215 Å². The van der Waals surface area contributed by atoms with Gasteiger partial charge in [-0.05, 0) is 23.1 Å². The lowest BCUT2D eigenvalue weighted by Gasteiger charge is -2.34. The molecule has 1 unspecified atom stereocenters. The van der Waals surface area contributed by atoms with Crippen LogP contribution in [0.4, 0.5) is 0 Å². The van der Waals surface area contributed by atoms with Crippen LogP contribution in [-0.2, 0) is 11.3 Å². The maximum atomic E-state index is 13.3. The van der Waals surface area contributed by atoms with Gasteiger partial charge in [-0.15, -0.1) is 0 Å². The van der Waals surface area contributed by atoms with Crippen molar-refractivity contribution in [1.82, 2.24) is 5.32 Å². The molecule has 180 valence electrons. The third-order valence-corrected chi connectivity index (χ3v) is 5.88. The molecule has 4 nitrogen and oxygen atoms in total. The zero-order valence-electron chi connectivity index (χ0n) is 20.4. The Morgan fingerprint density at radius 1 is 0.971 bits per heavy atom. The Balaban J connectivity index is 0.00000432. The van der Waals surface area contributed by atoms with E-state index in [0.717, 1.165) is 36.2 Å². The van der Waals surface area contributed by atoms with E-state index in [1.807, 2.05) is 66.7 Å². The van der Waals surface area contributed by atoms with E-state index in [9.17, 15) is 10.1 Å². The van der Waals surface area contributed by atoms with Crippen molar-refractivity contribution in [1.29, 1.82) is 5.26 Å². The lowest BCUT2D eigenvalue weighted by atomic mass is 9.93. The van der Waals surface area contributed by atoms with Crippen LogP contribution in [0.25, 0.3) is 11.6 Å². The number of nitriles is 1. The summed E-state index contributed by atoms with van der Waals surface area (Å²) >= 11 is 0. The summed E-state index contributed by atoms with van der Waals surface area (Å²) in [6.45, 7) is 8.07. The van der Waals surface area contributed by atoms with Gasteiger partial charge in [0.2, 0.25) is 0 Å². The average Bonchev–Trinajstić information content (AvgIpc) is 2.87. The smallest absolute Gasteiger partial charge is 0.266 e. The van der Waals surface area contributed by atoms with E-state index >= 15 is 0 Å². The fraction of sp³-hybridized carbons (Fsp3) is 0.200. The molecule has 0 heterocycles. The Bertz CT molecular complexity index is 1140. The van der Waals surface area contributed by atoms with E-state index in [4.69, 9.17) is 0 Å². The molecule has 1 atom stereocenters. The summed E-state index contributed by atoms with van der Waals surface area (Å²) in [7, 11) is 2.14. The molecule has 35 heavy (non-hydrogen) atoms. The number of benzene rings is 3. The monoisotopic (exact) mass is 485 g/mol. The number of nitrogens with zero attached hydrogens (tertiary/aromatic N) is 2. The van der Waals surface area contributed by atoms with Gasteiger partial charge < -0.3 is 22.2 Å². The maximum absolute atomic E-state index is 13.3. The van der Waals surface area contributed by atoms with Gasteiger partial charge in [0.05, 0.1) is 13.6 Å². The van der Waals surface area contributed by atoms with Crippen LogP contribution in [-0.4, -0.2) is 30.7 Å².